The number of nitrogens with one attached hydrogen (secondary N) is 2. The minimum Gasteiger partial charge on any atom is -0.463 e. The van der Waals surface area contributed by atoms with Crippen molar-refractivity contribution in [3.8, 4) is 6.01 Å². The summed E-state index contributed by atoms with van der Waals surface area (Å²) in [5.41, 5.74) is 2.40. The number of hydrogen-bond donors (Lipinski definition) is 2. The fraction of sp³-hybridized carbons (Fsp3) is 0.448. The molecule has 4 aromatic rings. The van der Waals surface area contributed by atoms with Crippen molar-refractivity contribution in [2.24, 2.45) is 13.0 Å². The quantitative estimate of drug-likeness (QED) is 0.375. The van der Waals surface area contributed by atoms with Crippen LogP contribution in [0.5, 0.6) is 6.01 Å². The van der Waals surface area contributed by atoms with Gasteiger partial charge >= 0.3 is 6.01 Å². The molecule has 1 amide bonds. The molecule has 0 aliphatic carbocycles. The van der Waals surface area contributed by atoms with Gasteiger partial charge in [0.2, 0.25) is 0 Å². The van der Waals surface area contributed by atoms with Crippen molar-refractivity contribution in [3.63, 3.8) is 0 Å². The van der Waals surface area contributed by atoms with Crippen molar-refractivity contribution in [2.45, 2.75) is 38.8 Å². The predicted molar refractivity (Wildman–Crippen MR) is 151 cm³/mol. The molecule has 40 heavy (non-hydrogen) atoms. The first-order chi connectivity index (χ1) is 19.3. The molecule has 0 unspecified atom stereocenters. The number of benzene rings is 2. The second-order valence-corrected chi connectivity index (χ2v) is 11.0. The van der Waals surface area contributed by atoms with E-state index in [1.807, 2.05) is 6.07 Å². The lowest BCUT2D eigenvalue weighted by Crippen LogP contribution is -2.54. The molecule has 2 aliphatic rings. The lowest BCUT2D eigenvalue weighted by Gasteiger charge is -2.38. The minimum atomic E-state index is -0.500. The SMILES string of the molecule is C[C@@H]1CN(c2ccc(C(=O)Nc3cc(F)c4nn(C)cc4c3)c3nc(OC[C@H]4CCCOC4)ncc23)C[C@H](C)N1. The molecule has 11 heteroatoms. The van der Waals surface area contributed by atoms with Crippen LogP contribution in [0.25, 0.3) is 21.8 Å². The zero-order chi connectivity index (χ0) is 27.8. The van der Waals surface area contributed by atoms with E-state index in [2.05, 4.69) is 39.5 Å². The average Bonchev–Trinajstić information content (AvgIpc) is 3.32. The maximum atomic E-state index is 14.7. The van der Waals surface area contributed by atoms with Gasteiger partial charge in [-0.2, -0.15) is 10.1 Å². The maximum absolute atomic E-state index is 14.7. The smallest absolute Gasteiger partial charge is 0.316 e. The van der Waals surface area contributed by atoms with E-state index in [-0.39, 0.29) is 17.4 Å². The van der Waals surface area contributed by atoms with Crippen LogP contribution < -0.4 is 20.3 Å². The molecule has 2 aliphatic heterocycles. The number of rotatable bonds is 6. The Morgan fingerprint density at radius 3 is 2.83 bits per heavy atom. The largest absolute Gasteiger partial charge is 0.463 e. The number of carbonyl (C=O) groups excluding carboxylic acids is 1. The molecule has 3 atom stereocenters. The van der Waals surface area contributed by atoms with Gasteiger partial charge in [-0.3, -0.25) is 9.48 Å². The van der Waals surface area contributed by atoms with E-state index in [4.69, 9.17) is 14.5 Å². The lowest BCUT2D eigenvalue weighted by atomic mass is 10.0. The normalized spacial score (nSPS) is 21.6. The van der Waals surface area contributed by atoms with Gasteiger partial charge in [0, 0.05) is 79.3 Å². The number of halogens is 1. The van der Waals surface area contributed by atoms with Gasteiger partial charge in [-0.15, -0.1) is 0 Å². The summed E-state index contributed by atoms with van der Waals surface area (Å²) < 4.78 is 27.8. The van der Waals surface area contributed by atoms with Crippen molar-refractivity contribution in [2.75, 3.05) is 43.1 Å². The van der Waals surface area contributed by atoms with Crippen molar-refractivity contribution >= 4 is 39.1 Å². The molecule has 0 bridgehead atoms. The van der Waals surface area contributed by atoms with E-state index in [0.717, 1.165) is 43.6 Å². The number of aryl methyl sites for hydroxylation is 1. The fourth-order valence-corrected chi connectivity index (χ4v) is 5.76. The number of fused-ring (bicyclic) bond motifs is 2. The molecular weight excluding hydrogens is 513 g/mol. The summed E-state index contributed by atoms with van der Waals surface area (Å²) in [7, 11) is 1.73. The highest BCUT2D eigenvalue weighted by atomic mass is 19.1. The van der Waals surface area contributed by atoms with Crippen LogP contribution in [0.4, 0.5) is 15.8 Å². The summed E-state index contributed by atoms with van der Waals surface area (Å²) in [6, 6.07) is 7.53. The van der Waals surface area contributed by atoms with Gasteiger partial charge in [0.15, 0.2) is 5.82 Å². The highest BCUT2D eigenvalue weighted by Crippen LogP contribution is 2.31. The van der Waals surface area contributed by atoms with E-state index in [0.29, 0.717) is 47.5 Å². The Morgan fingerprint density at radius 1 is 1.23 bits per heavy atom. The minimum absolute atomic E-state index is 0.217. The summed E-state index contributed by atoms with van der Waals surface area (Å²) >= 11 is 0. The van der Waals surface area contributed by atoms with E-state index in [1.165, 1.54) is 6.07 Å². The Kier molecular flexibility index (Phi) is 7.24. The van der Waals surface area contributed by atoms with Gasteiger partial charge in [-0.1, -0.05) is 0 Å². The molecule has 0 spiro atoms. The molecule has 4 heterocycles. The van der Waals surface area contributed by atoms with Crippen molar-refractivity contribution in [1.29, 1.82) is 0 Å². The monoisotopic (exact) mass is 547 g/mol. The number of amides is 1. The second kappa shape index (κ2) is 11.0. The first-order valence-corrected chi connectivity index (χ1v) is 13.8. The summed E-state index contributed by atoms with van der Waals surface area (Å²) in [6.45, 7) is 7.83. The van der Waals surface area contributed by atoms with E-state index >= 15 is 0 Å². The predicted octanol–water partition coefficient (Wildman–Crippen LogP) is 3.90. The van der Waals surface area contributed by atoms with Gasteiger partial charge in [-0.25, -0.2) is 9.37 Å². The first-order valence-electron chi connectivity index (χ1n) is 13.8. The van der Waals surface area contributed by atoms with Crippen molar-refractivity contribution in [3.05, 3.63) is 48.0 Å². The van der Waals surface area contributed by atoms with Crippen LogP contribution in [0.3, 0.4) is 0 Å². The van der Waals surface area contributed by atoms with Gasteiger partial charge in [0.1, 0.15) is 5.52 Å². The van der Waals surface area contributed by atoms with E-state index in [1.54, 1.807) is 36.3 Å². The van der Waals surface area contributed by atoms with Crippen LogP contribution in [0.1, 0.15) is 37.0 Å². The van der Waals surface area contributed by atoms with Crippen LogP contribution in [0, 0.1) is 11.7 Å². The van der Waals surface area contributed by atoms with Crippen LogP contribution in [-0.4, -0.2) is 70.6 Å². The first kappa shape index (κ1) is 26.4. The molecule has 0 saturated carbocycles. The Morgan fingerprint density at radius 2 is 2.05 bits per heavy atom. The van der Waals surface area contributed by atoms with E-state index < -0.39 is 11.7 Å². The molecule has 2 N–H and O–H groups in total. The highest BCUT2D eigenvalue weighted by molar-refractivity contribution is 6.14. The summed E-state index contributed by atoms with van der Waals surface area (Å²) in [5.74, 6) is -0.616. The van der Waals surface area contributed by atoms with Gasteiger partial charge in [0.25, 0.3) is 5.91 Å². The van der Waals surface area contributed by atoms with Gasteiger partial charge in [-0.05, 0) is 51.0 Å². The zero-order valence-electron chi connectivity index (χ0n) is 23.0. The molecule has 10 nitrogen and oxygen atoms in total. The topological polar surface area (TPSA) is 106 Å². The molecule has 6 rings (SSSR count). The summed E-state index contributed by atoms with van der Waals surface area (Å²) in [4.78, 5) is 25.1. The number of piperazine rings is 1. The van der Waals surface area contributed by atoms with Crippen molar-refractivity contribution < 1.29 is 18.7 Å². The zero-order valence-corrected chi connectivity index (χ0v) is 23.0. The third kappa shape index (κ3) is 5.44. The molecule has 2 saturated heterocycles. The average molecular weight is 548 g/mol. The summed E-state index contributed by atoms with van der Waals surface area (Å²) in [6.07, 6.45) is 5.48. The number of aromatic nitrogens is 4. The Bertz CT molecular complexity index is 1540. The number of ether oxygens (including phenoxy) is 2. The Labute approximate surface area is 231 Å². The molecule has 0 radical (unpaired) electrons. The van der Waals surface area contributed by atoms with Crippen molar-refractivity contribution in [1.82, 2.24) is 25.1 Å². The van der Waals surface area contributed by atoms with Gasteiger partial charge < -0.3 is 25.0 Å². The van der Waals surface area contributed by atoms with E-state index in [9.17, 15) is 9.18 Å². The molecule has 210 valence electrons. The number of nitrogens with zero attached hydrogens (tertiary/aromatic N) is 5. The maximum Gasteiger partial charge on any atom is 0.316 e. The number of carbonyl (C=O) groups is 1. The Hall–Kier alpha value is -3.83. The number of hydrogen-bond acceptors (Lipinski definition) is 8. The van der Waals surface area contributed by atoms with Crippen LogP contribution in [0.2, 0.25) is 0 Å². The standard InChI is InChI=1S/C29H34FN7O3/c1-17-12-37(13-18(2)32-17)25-7-6-22(28(38)33-21-9-20-14-36(3)35-26(20)24(30)10-21)27-23(25)11-31-29(34-27)40-16-19-5-4-8-39-15-19/h6-7,9-11,14,17-19,32H,4-5,8,12-13,15-16H2,1-3H3,(H,33,38)/t17-,18+,19-/m0/s1. The lowest BCUT2D eigenvalue weighted by molar-refractivity contribution is 0.0336. The third-order valence-corrected chi connectivity index (χ3v) is 7.49. The molecule has 2 aromatic carbocycles. The fourth-order valence-electron chi connectivity index (χ4n) is 5.76. The third-order valence-electron chi connectivity index (χ3n) is 7.49. The number of anilines is 2. The molecular formula is C29H34FN7O3. The van der Waals surface area contributed by atoms with Crippen LogP contribution in [0.15, 0.2) is 36.7 Å². The molecule has 2 aromatic heterocycles. The second-order valence-electron chi connectivity index (χ2n) is 11.0. The summed E-state index contributed by atoms with van der Waals surface area (Å²) in [5, 5.41) is 11.9. The van der Waals surface area contributed by atoms with Gasteiger partial charge in [0.05, 0.1) is 24.3 Å². The molecule has 2 fully saturated rings. The highest BCUT2D eigenvalue weighted by Gasteiger charge is 2.25. The van der Waals surface area contributed by atoms with Crippen LogP contribution in [-0.2, 0) is 11.8 Å². The Balaban J connectivity index is 1.34. The van der Waals surface area contributed by atoms with Crippen LogP contribution >= 0.6 is 0 Å².